The molecule has 2 heterocycles. The molecule has 1 aromatic rings. The van der Waals surface area contributed by atoms with Gasteiger partial charge in [0.05, 0.1) is 6.10 Å². The maximum absolute atomic E-state index is 5.69. The minimum atomic E-state index is 0.224. The Bertz CT molecular complexity index is 433. The van der Waals surface area contributed by atoms with Crippen LogP contribution < -0.4 is 21.5 Å². The molecule has 8 nitrogen and oxygen atoms in total. The van der Waals surface area contributed by atoms with Gasteiger partial charge >= 0.3 is 0 Å². The number of nitrogens with zero attached hydrogens (tertiary/aromatic N) is 4. The van der Waals surface area contributed by atoms with Crippen LogP contribution in [0.4, 0.5) is 17.8 Å². The predicted octanol–water partition coefficient (Wildman–Crippen LogP) is 0.984. The fourth-order valence-electron chi connectivity index (χ4n) is 2.33. The summed E-state index contributed by atoms with van der Waals surface area (Å²) in [6, 6.07) is 0. The zero-order chi connectivity index (χ0) is 15.1. The molecule has 0 saturated carbocycles. The number of nitrogen functional groups attached to an aromatic ring is 1. The van der Waals surface area contributed by atoms with Gasteiger partial charge in [0, 0.05) is 26.2 Å². The van der Waals surface area contributed by atoms with Gasteiger partial charge in [-0.1, -0.05) is 0 Å². The minimum Gasteiger partial charge on any atom is -0.376 e. The molecular formula is C13H25N7O. The highest BCUT2D eigenvalue weighted by atomic mass is 16.5. The van der Waals surface area contributed by atoms with Crippen molar-refractivity contribution < 1.29 is 4.74 Å². The van der Waals surface area contributed by atoms with Crippen LogP contribution in [0.2, 0.25) is 0 Å². The van der Waals surface area contributed by atoms with Crippen LogP contribution >= 0.6 is 0 Å². The Balaban J connectivity index is 2.04. The van der Waals surface area contributed by atoms with Crippen molar-refractivity contribution in [3.63, 3.8) is 0 Å². The molecule has 1 aromatic heterocycles. The molecule has 0 spiro atoms. The molecule has 8 heteroatoms. The van der Waals surface area contributed by atoms with Crippen molar-refractivity contribution in [2.45, 2.75) is 39.2 Å². The van der Waals surface area contributed by atoms with E-state index >= 15 is 0 Å². The lowest BCUT2D eigenvalue weighted by Gasteiger charge is -2.23. The predicted molar refractivity (Wildman–Crippen MR) is 83.3 cm³/mol. The molecule has 0 aromatic carbocycles. The number of hydrazine groups is 1. The van der Waals surface area contributed by atoms with Crippen LogP contribution in [-0.2, 0) is 4.74 Å². The van der Waals surface area contributed by atoms with Crippen molar-refractivity contribution in [3.05, 3.63) is 0 Å². The molecule has 1 fully saturated rings. The van der Waals surface area contributed by atoms with Gasteiger partial charge in [-0.2, -0.15) is 15.0 Å². The van der Waals surface area contributed by atoms with Crippen LogP contribution in [-0.4, -0.2) is 47.3 Å². The topological polar surface area (TPSA) is 101 Å². The molecule has 0 bridgehead atoms. The third-order valence-electron chi connectivity index (χ3n) is 3.56. The van der Waals surface area contributed by atoms with Gasteiger partial charge in [0.15, 0.2) is 0 Å². The molecule has 1 unspecified atom stereocenters. The van der Waals surface area contributed by atoms with E-state index in [1.54, 1.807) is 0 Å². The van der Waals surface area contributed by atoms with E-state index in [9.17, 15) is 0 Å². The summed E-state index contributed by atoms with van der Waals surface area (Å²) in [5.74, 6) is 6.94. The second-order valence-corrected chi connectivity index (χ2v) is 4.97. The highest BCUT2D eigenvalue weighted by Crippen LogP contribution is 2.15. The lowest BCUT2D eigenvalue weighted by atomic mass is 10.1. The van der Waals surface area contributed by atoms with Crippen molar-refractivity contribution in [1.82, 2.24) is 15.0 Å². The van der Waals surface area contributed by atoms with Gasteiger partial charge in [-0.05, 0) is 33.1 Å². The van der Waals surface area contributed by atoms with E-state index in [-0.39, 0.29) is 6.10 Å². The van der Waals surface area contributed by atoms with Crippen LogP contribution in [0.5, 0.6) is 0 Å². The van der Waals surface area contributed by atoms with Crippen molar-refractivity contribution in [2.24, 2.45) is 5.84 Å². The number of hydrogen-bond acceptors (Lipinski definition) is 8. The first-order valence-corrected chi connectivity index (χ1v) is 7.60. The lowest BCUT2D eigenvalue weighted by molar-refractivity contribution is 0.0246. The molecule has 0 aliphatic carbocycles. The Morgan fingerprint density at radius 1 is 1.19 bits per heavy atom. The summed E-state index contributed by atoms with van der Waals surface area (Å²) in [7, 11) is 0. The third-order valence-corrected chi connectivity index (χ3v) is 3.56. The van der Waals surface area contributed by atoms with Crippen molar-refractivity contribution in [1.29, 1.82) is 0 Å². The van der Waals surface area contributed by atoms with Gasteiger partial charge in [-0.3, -0.25) is 5.43 Å². The molecule has 4 N–H and O–H groups in total. The molecule has 1 aliphatic heterocycles. The van der Waals surface area contributed by atoms with Crippen LogP contribution in [0, 0.1) is 0 Å². The van der Waals surface area contributed by atoms with Crippen molar-refractivity contribution >= 4 is 17.8 Å². The van der Waals surface area contributed by atoms with E-state index in [0.29, 0.717) is 24.4 Å². The fraction of sp³-hybridized carbons (Fsp3) is 0.769. The Hall–Kier alpha value is -1.67. The molecule has 118 valence electrons. The summed E-state index contributed by atoms with van der Waals surface area (Å²) in [4.78, 5) is 15.0. The second-order valence-electron chi connectivity index (χ2n) is 4.97. The van der Waals surface area contributed by atoms with Gasteiger partial charge < -0.3 is 15.0 Å². The number of anilines is 3. The van der Waals surface area contributed by atoms with E-state index in [4.69, 9.17) is 10.6 Å². The smallest absolute Gasteiger partial charge is 0.243 e. The number of hydrogen-bond donors (Lipinski definition) is 3. The van der Waals surface area contributed by atoms with E-state index in [0.717, 1.165) is 32.5 Å². The van der Waals surface area contributed by atoms with Gasteiger partial charge in [-0.15, -0.1) is 0 Å². The first-order chi connectivity index (χ1) is 10.3. The standard InChI is InChI=1S/C13H25N7O/c1-3-20(4-2)13-17-11(16-12(18-13)19-14)15-9-10-7-5-6-8-21-10/h10H,3-9,14H2,1-2H3,(H2,15,16,17,18,19). The van der Waals surface area contributed by atoms with Gasteiger partial charge in [0.1, 0.15) is 0 Å². The third kappa shape index (κ3) is 4.40. The van der Waals surface area contributed by atoms with Gasteiger partial charge in [0.25, 0.3) is 0 Å². The summed E-state index contributed by atoms with van der Waals surface area (Å²) in [6.45, 7) is 7.32. The van der Waals surface area contributed by atoms with Crippen molar-refractivity contribution in [3.8, 4) is 0 Å². The van der Waals surface area contributed by atoms with Crippen LogP contribution in [0.15, 0.2) is 0 Å². The fourth-order valence-corrected chi connectivity index (χ4v) is 2.33. The van der Waals surface area contributed by atoms with E-state index in [1.807, 2.05) is 4.90 Å². The molecule has 1 atom stereocenters. The number of nitrogens with two attached hydrogens (primary N) is 1. The number of rotatable bonds is 7. The van der Waals surface area contributed by atoms with Gasteiger partial charge in [0.2, 0.25) is 17.8 Å². The summed E-state index contributed by atoms with van der Waals surface area (Å²) >= 11 is 0. The summed E-state index contributed by atoms with van der Waals surface area (Å²) in [6.07, 6.45) is 3.66. The molecule has 1 saturated heterocycles. The quantitative estimate of drug-likeness (QED) is 0.505. The zero-order valence-electron chi connectivity index (χ0n) is 12.8. The molecule has 0 radical (unpaired) electrons. The minimum absolute atomic E-state index is 0.224. The van der Waals surface area contributed by atoms with Gasteiger partial charge in [-0.25, -0.2) is 5.84 Å². The highest BCUT2D eigenvalue weighted by molar-refractivity contribution is 5.43. The van der Waals surface area contributed by atoms with E-state index in [1.165, 1.54) is 6.42 Å². The average Bonchev–Trinajstić information content (AvgIpc) is 2.55. The zero-order valence-corrected chi connectivity index (χ0v) is 12.8. The van der Waals surface area contributed by atoms with Crippen LogP contribution in [0.25, 0.3) is 0 Å². The molecule has 21 heavy (non-hydrogen) atoms. The van der Waals surface area contributed by atoms with Crippen molar-refractivity contribution in [2.75, 3.05) is 41.9 Å². The first kappa shape index (κ1) is 15.7. The summed E-state index contributed by atoms with van der Waals surface area (Å²) in [5, 5.41) is 3.22. The number of nitrogens with one attached hydrogen (secondary N) is 2. The number of aromatic nitrogens is 3. The molecular weight excluding hydrogens is 270 g/mol. The Morgan fingerprint density at radius 2 is 1.95 bits per heavy atom. The SMILES string of the molecule is CCN(CC)c1nc(NN)nc(NCC2CCCCO2)n1. The molecule has 0 amide bonds. The maximum atomic E-state index is 5.69. The normalized spacial score (nSPS) is 18.3. The Morgan fingerprint density at radius 3 is 2.57 bits per heavy atom. The van der Waals surface area contributed by atoms with E-state index < -0.39 is 0 Å². The first-order valence-electron chi connectivity index (χ1n) is 7.60. The largest absolute Gasteiger partial charge is 0.376 e. The average molecular weight is 295 g/mol. The molecule has 1 aliphatic rings. The second kappa shape index (κ2) is 7.94. The Kier molecular flexibility index (Phi) is 5.94. The lowest BCUT2D eigenvalue weighted by Crippen LogP contribution is -2.29. The van der Waals surface area contributed by atoms with Crippen LogP contribution in [0.1, 0.15) is 33.1 Å². The highest BCUT2D eigenvalue weighted by Gasteiger charge is 2.15. The Labute approximate surface area is 125 Å². The summed E-state index contributed by atoms with van der Waals surface area (Å²) in [5.41, 5.74) is 2.49. The van der Waals surface area contributed by atoms with Crippen LogP contribution in [0.3, 0.4) is 0 Å². The number of ether oxygens (including phenoxy) is 1. The monoisotopic (exact) mass is 295 g/mol. The maximum Gasteiger partial charge on any atom is 0.243 e. The molecule has 2 rings (SSSR count). The van der Waals surface area contributed by atoms with E-state index in [2.05, 4.69) is 39.5 Å². The summed E-state index contributed by atoms with van der Waals surface area (Å²) < 4.78 is 5.69.